The first kappa shape index (κ1) is 15.8. The fourth-order valence-electron chi connectivity index (χ4n) is 1.53. The molecule has 0 bridgehead atoms. The van der Waals surface area contributed by atoms with Gasteiger partial charge < -0.3 is 0 Å². The van der Waals surface area contributed by atoms with Gasteiger partial charge in [-0.25, -0.2) is 0 Å². The van der Waals surface area contributed by atoms with E-state index in [2.05, 4.69) is 0 Å². The van der Waals surface area contributed by atoms with Crippen LogP contribution in [-0.4, -0.2) is 12.0 Å². The van der Waals surface area contributed by atoms with Crippen molar-refractivity contribution in [2.45, 2.75) is 18.2 Å². The smallest absolute Gasteiger partial charge is 0.134 e. The van der Waals surface area contributed by atoms with Crippen LogP contribution in [-0.2, 0) is 11.2 Å². The van der Waals surface area contributed by atoms with Gasteiger partial charge in [0.25, 0.3) is 0 Å². The summed E-state index contributed by atoms with van der Waals surface area (Å²) < 4.78 is 0. The van der Waals surface area contributed by atoms with Crippen molar-refractivity contribution < 1.29 is 4.79 Å². The molecule has 0 atom stereocenters. The lowest BCUT2D eigenvalue weighted by Crippen LogP contribution is -1.97. The first-order valence-electron chi connectivity index (χ1n) is 5.95. The van der Waals surface area contributed by atoms with Gasteiger partial charge in [0.1, 0.15) is 5.78 Å². The fraction of sp³-hybridized carbons (Fsp3) is 0.188. The van der Waals surface area contributed by atoms with E-state index in [0.717, 1.165) is 10.6 Å². The van der Waals surface area contributed by atoms with Crippen molar-refractivity contribution in [1.82, 2.24) is 0 Å². The molecule has 3 heteroatoms. The van der Waals surface area contributed by atoms with Gasteiger partial charge >= 0.3 is 0 Å². The Labute approximate surface area is 124 Å². The maximum atomic E-state index is 10.9. The Hall–Kier alpha value is -1.25. The Kier molecular flexibility index (Phi) is 7.31. The number of carbonyl (C=O) groups is 1. The average molecular weight is 293 g/mol. The third kappa shape index (κ3) is 6.46. The molecule has 0 amide bonds. The van der Waals surface area contributed by atoms with E-state index >= 15 is 0 Å². The van der Waals surface area contributed by atoms with Crippen molar-refractivity contribution in [2.24, 2.45) is 0 Å². The normalized spacial score (nSPS) is 9.42. The molecule has 0 radical (unpaired) electrons. The van der Waals surface area contributed by atoms with Crippen molar-refractivity contribution >= 4 is 29.1 Å². The van der Waals surface area contributed by atoms with Gasteiger partial charge in [0.15, 0.2) is 0 Å². The minimum atomic E-state index is 0.219. The first-order valence-corrected chi connectivity index (χ1v) is 7.55. The van der Waals surface area contributed by atoms with E-state index in [9.17, 15) is 4.79 Å². The Balaban J connectivity index is 0.000000218. The molecule has 100 valence electrons. The van der Waals surface area contributed by atoms with Gasteiger partial charge in [-0.1, -0.05) is 48.0 Å². The molecule has 2 rings (SSSR count). The highest BCUT2D eigenvalue weighted by Crippen LogP contribution is 2.20. The lowest BCUT2D eigenvalue weighted by molar-refractivity contribution is -0.116. The molecule has 0 heterocycles. The predicted molar refractivity (Wildman–Crippen MR) is 84.1 cm³/mol. The number of hydrogen-bond acceptors (Lipinski definition) is 2. The fourth-order valence-corrected chi connectivity index (χ4v) is 2.29. The van der Waals surface area contributed by atoms with Crippen LogP contribution in [0.25, 0.3) is 0 Å². The van der Waals surface area contributed by atoms with Crippen molar-refractivity contribution in [3.63, 3.8) is 0 Å². The summed E-state index contributed by atoms with van der Waals surface area (Å²) in [4.78, 5) is 12.1. The summed E-state index contributed by atoms with van der Waals surface area (Å²) in [5.41, 5.74) is 1.14. The van der Waals surface area contributed by atoms with Crippen LogP contribution in [0.15, 0.2) is 59.5 Å². The van der Waals surface area contributed by atoms with Gasteiger partial charge in [0, 0.05) is 16.3 Å². The Morgan fingerprint density at radius 1 is 1.05 bits per heavy atom. The molecule has 1 nitrogen and oxygen atoms in total. The second-order valence-electron chi connectivity index (χ2n) is 3.99. The zero-order chi connectivity index (χ0) is 14.1. The highest BCUT2D eigenvalue weighted by molar-refractivity contribution is 7.98. The van der Waals surface area contributed by atoms with Crippen LogP contribution in [0.2, 0.25) is 5.02 Å². The number of halogens is 1. The average Bonchev–Trinajstić information content (AvgIpc) is 2.40. The molecule has 0 N–H and O–H groups in total. The Morgan fingerprint density at radius 2 is 1.63 bits per heavy atom. The number of rotatable bonds is 3. The molecule has 2 aromatic carbocycles. The molecular formula is C16H17ClOS. The van der Waals surface area contributed by atoms with Gasteiger partial charge in [0.05, 0.1) is 0 Å². The number of thioether (sulfide) groups is 1. The predicted octanol–water partition coefficient (Wildman–Crippen LogP) is 4.88. The quantitative estimate of drug-likeness (QED) is 0.750. The summed E-state index contributed by atoms with van der Waals surface area (Å²) in [6.45, 7) is 1.62. The molecule has 0 aliphatic rings. The molecule has 2 aromatic rings. The number of carbonyl (C=O) groups excluding carboxylic acids is 1. The van der Waals surface area contributed by atoms with Crippen LogP contribution < -0.4 is 0 Å². The first-order chi connectivity index (χ1) is 9.13. The van der Waals surface area contributed by atoms with E-state index in [4.69, 9.17) is 11.6 Å². The molecule has 0 aliphatic heterocycles. The van der Waals surface area contributed by atoms with E-state index < -0.39 is 0 Å². The van der Waals surface area contributed by atoms with E-state index in [-0.39, 0.29) is 5.78 Å². The Bertz CT molecular complexity index is 511. The summed E-state index contributed by atoms with van der Waals surface area (Å²) >= 11 is 7.22. The molecule has 0 fully saturated rings. The molecule has 0 saturated heterocycles. The zero-order valence-corrected chi connectivity index (χ0v) is 12.7. The van der Waals surface area contributed by atoms with Crippen LogP contribution in [0, 0.1) is 0 Å². The number of hydrogen-bond donors (Lipinski definition) is 0. The van der Waals surface area contributed by atoms with Crippen LogP contribution in [0.1, 0.15) is 12.5 Å². The maximum absolute atomic E-state index is 10.9. The molecule has 0 aromatic heterocycles. The standard InChI is InChI=1S/C10H12OS.C6H5Cl/c1-8(11)7-9-5-3-4-6-10(9)12-2;7-6-4-2-1-3-5-6/h3-6H,7H2,1-2H3;1-5H. The largest absolute Gasteiger partial charge is 0.300 e. The van der Waals surface area contributed by atoms with Gasteiger partial charge in [-0.2, -0.15) is 0 Å². The van der Waals surface area contributed by atoms with Gasteiger partial charge in [-0.05, 0) is 36.9 Å². The number of Topliss-reactive ketones (excluding diaryl/α,β-unsaturated/α-hetero) is 1. The van der Waals surface area contributed by atoms with Crippen LogP contribution in [0.5, 0.6) is 0 Å². The molecule has 0 spiro atoms. The summed E-state index contributed by atoms with van der Waals surface area (Å²) in [5, 5.41) is 0.794. The Morgan fingerprint density at radius 3 is 2.11 bits per heavy atom. The zero-order valence-electron chi connectivity index (χ0n) is 11.1. The summed E-state index contributed by atoms with van der Waals surface area (Å²) in [6, 6.07) is 17.5. The molecule has 0 saturated carbocycles. The van der Waals surface area contributed by atoms with E-state index in [1.165, 1.54) is 4.90 Å². The highest BCUT2D eigenvalue weighted by atomic mass is 35.5. The summed E-state index contributed by atoms with van der Waals surface area (Å²) in [5.74, 6) is 0.219. The SMILES string of the molecule is CSc1ccccc1CC(C)=O.Clc1ccccc1. The number of benzene rings is 2. The van der Waals surface area contributed by atoms with E-state index in [1.807, 2.05) is 60.9 Å². The van der Waals surface area contributed by atoms with Crippen molar-refractivity contribution in [1.29, 1.82) is 0 Å². The maximum Gasteiger partial charge on any atom is 0.134 e. The lowest BCUT2D eigenvalue weighted by atomic mass is 10.1. The lowest BCUT2D eigenvalue weighted by Gasteiger charge is -2.03. The molecule has 0 aliphatic carbocycles. The minimum Gasteiger partial charge on any atom is -0.300 e. The van der Waals surface area contributed by atoms with E-state index in [0.29, 0.717) is 6.42 Å². The van der Waals surface area contributed by atoms with Crippen LogP contribution in [0.3, 0.4) is 0 Å². The summed E-state index contributed by atoms with van der Waals surface area (Å²) in [6.07, 6.45) is 2.58. The minimum absolute atomic E-state index is 0.219. The molecule has 19 heavy (non-hydrogen) atoms. The van der Waals surface area contributed by atoms with E-state index in [1.54, 1.807) is 18.7 Å². The number of ketones is 1. The third-order valence-corrected chi connectivity index (χ3v) is 3.46. The van der Waals surface area contributed by atoms with Crippen molar-refractivity contribution in [3.05, 3.63) is 65.2 Å². The highest BCUT2D eigenvalue weighted by Gasteiger charge is 2.01. The third-order valence-electron chi connectivity index (χ3n) is 2.37. The molecule has 0 unspecified atom stereocenters. The van der Waals surface area contributed by atoms with Gasteiger partial charge in [-0.15, -0.1) is 11.8 Å². The van der Waals surface area contributed by atoms with Crippen LogP contribution in [0.4, 0.5) is 0 Å². The van der Waals surface area contributed by atoms with Crippen molar-refractivity contribution in [3.8, 4) is 0 Å². The second kappa shape index (κ2) is 8.78. The van der Waals surface area contributed by atoms with Gasteiger partial charge in [0.2, 0.25) is 0 Å². The summed E-state index contributed by atoms with van der Waals surface area (Å²) in [7, 11) is 0. The van der Waals surface area contributed by atoms with Crippen LogP contribution >= 0.6 is 23.4 Å². The second-order valence-corrected chi connectivity index (χ2v) is 5.27. The molecular weight excluding hydrogens is 276 g/mol. The monoisotopic (exact) mass is 292 g/mol. The topological polar surface area (TPSA) is 17.1 Å². The van der Waals surface area contributed by atoms with Gasteiger partial charge in [-0.3, -0.25) is 4.79 Å². The van der Waals surface area contributed by atoms with Crippen molar-refractivity contribution in [2.75, 3.05) is 6.26 Å².